The standard InChI is InChI=1S/C20H29N7OS/c1-3-25-29(28,13-16-8-11-24-26-16)12-15-4-6-17(7-5-15)27(2)20-18-9-10-21-19(18)22-14-23-20/h8-11,14-15,17H,3-7,12-13H2,1-2H3,(H,24,26)(H,21,22,23). The number of nitrogens with zero attached hydrogens (tertiary/aromatic N) is 5. The summed E-state index contributed by atoms with van der Waals surface area (Å²) in [4.78, 5) is 14.2. The van der Waals surface area contributed by atoms with E-state index in [-0.39, 0.29) is 0 Å². The minimum atomic E-state index is -2.26. The molecule has 0 spiro atoms. The minimum Gasteiger partial charge on any atom is -0.356 e. The van der Waals surface area contributed by atoms with Gasteiger partial charge < -0.3 is 9.88 Å². The van der Waals surface area contributed by atoms with Gasteiger partial charge >= 0.3 is 0 Å². The zero-order chi connectivity index (χ0) is 20.3. The van der Waals surface area contributed by atoms with Crippen LogP contribution in [0.2, 0.25) is 0 Å². The van der Waals surface area contributed by atoms with Crippen LogP contribution in [0.4, 0.5) is 5.82 Å². The molecule has 1 aliphatic carbocycles. The molecule has 3 aromatic rings. The van der Waals surface area contributed by atoms with Gasteiger partial charge in [-0.05, 0) is 50.7 Å². The normalized spacial score (nSPS) is 21.7. The Balaban J connectivity index is 1.40. The Morgan fingerprint density at radius 2 is 2.07 bits per heavy atom. The second-order valence-corrected chi connectivity index (χ2v) is 10.3. The molecule has 0 aromatic carbocycles. The third kappa shape index (κ3) is 4.44. The van der Waals surface area contributed by atoms with Crippen LogP contribution in [-0.4, -0.2) is 54.7 Å². The third-order valence-electron chi connectivity index (χ3n) is 5.83. The molecule has 0 aliphatic heterocycles. The SMILES string of the molecule is CCN=S(=O)(Cc1ccn[nH]1)CC1CCC(N(C)c2ncnc3[nH]ccc23)CC1. The molecule has 3 heterocycles. The van der Waals surface area contributed by atoms with Crippen molar-refractivity contribution in [1.29, 1.82) is 0 Å². The number of nitrogens with one attached hydrogen (secondary N) is 2. The molecule has 1 aliphatic rings. The number of anilines is 1. The molecule has 3 aromatic heterocycles. The number of fused-ring (bicyclic) bond motifs is 1. The van der Waals surface area contributed by atoms with Crippen LogP contribution >= 0.6 is 0 Å². The molecule has 1 fully saturated rings. The number of aromatic nitrogens is 5. The van der Waals surface area contributed by atoms with Gasteiger partial charge in [0.2, 0.25) is 0 Å². The van der Waals surface area contributed by atoms with Crippen molar-refractivity contribution in [2.75, 3.05) is 24.2 Å². The average molecular weight is 416 g/mol. The first kappa shape index (κ1) is 19.9. The van der Waals surface area contributed by atoms with E-state index >= 15 is 0 Å². The van der Waals surface area contributed by atoms with Crippen molar-refractivity contribution in [3.63, 3.8) is 0 Å². The summed E-state index contributed by atoms with van der Waals surface area (Å²) in [5.74, 6) is 2.56. The molecule has 0 radical (unpaired) electrons. The molecule has 2 N–H and O–H groups in total. The van der Waals surface area contributed by atoms with Gasteiger partial charge in [0.05, 0.1) is 20.9 Å². The fraction of sp³-hybridized carbons (Fsp3) is 0.550. The molecule has 8 nitrogen and oxygen atoms in total. The van der Waals surface area contributed by atoms with E-state index < -0.39 is 9.73 Å². The van der Waals surface area contributed by atoms with Gasteiger partial charge in [0.1, 0.15) is 17.8 Å². The van der Waals surface area contributed by atoms with Crippen molar-refractivity contribution in [3.8, 4) is 0 Å². The Bertz CT molecular complexity index is 1040. The van der Waals surface area contributed by atoms with E-state index in [0.717, 1.165) is 48.2 Å². The summed E-state index contributed by atoms with van der Waals surface area (Å²) in [7, 11) is -0.139. The third-order valence-corrected chi connectivity index (χ3v) is 8.31. The molecule has 0 bridgehead atoms. The lowest BCUT2D eigenvalue weighted by molar-refractivity contribution is 0.342. The first-order valence-electron chi connectivity index (χ1n) is 10.3. The molecule has 4 rings (SSSR count). The van der Waals surface area contributed by atoms with Crippen LogP contribution in [0.3, 0.4) is 0 Å². The van der Waals surface area contributed by atoms with Gasteiger partial charge in [-0.3, -0.25) is 5.10 Å². The highest BCUT2D eigenvalue weighted by Gasteiger charge is 2.28. The number of H-pyrrole nitrogens is 2. The number of hydrogen-bond donors (Lipinski definition) is 2. The molecule has 0 saturated heterocycles. The number of rotatable bonds is 7. The van der Waals surface area contributed by atoms with Gasteiger partial charge in [0.25, 0.3) is 0 Å². The van der Waals surface area contributed by atoms with Gasteiger partial charge in [-0.2, -0.15) is 5.10 Å². The molecule has 1 saturated carbocycles. The maximum Gasteiger partial charge on any atom is 0.142 e. The molecule has 156 valence electrons. The van der Waals surface area contributed by atoms with Crippen molar-refractivity contribution in [2.45, 2.75) is 44.4 Å². The molecular formula is C20H29N7OS. The smallest absolute Gasteiger partial charge is 0.142 e. The summed E-state index contributed by atoms with van der Waals surface area (Å²) < 4.78 is 17.9. The summed E-state index contributed by atoms with van der Waals surface area (Å²) in [5.41, 5.74) is 1.77. The zero-order valence-corrected chi connectivity index (χ0v) is 17.9. The summed E-state index contributed by atoms with van der Waals surface area (Å²) >= 11 is 0. The molecule has 9 heteroatoms. The average Bonchev–Trinajstić information content (AvgIpc) is 3.39. The fourth-order valence-corrected chi connectivity index (χ4v) is 6.88. The Labute approximate surface area is 171 Å². The summed E-state index contributed by atoms with van der Waals surface area (Å²) in [6.45, 7) is 2.55. The van der Waals surface area contributed by atoms with Gasteiger partial charge in [-0.25, -0.2) is 18.5 Å². The van der Waals surface area contributed by atoms with Gasteiger partial charge in [0.15, 0.2) is 0 Å². The quantitative estimate of drug-likeness (QED) is 0.616. The Morgan fingerprint density at radius 3 is 2.79 bits per heavy atom. The van der Waals surface area contributed by atoms with Crippen molar-refractivity contribution in [3.05, 3.63) is 36.5 Å². The Morgan fingerprint density at radius 1 is 1.24 bits per heavy atom. The highest BCUT2D eigenvalue weighted by atomic mass is 32.2. The van der Waals surface area contributed by atoms with E-state index in [1.54, 1.807) is 12.5 Å². The first-order valence-corrected chi connectivity index (χ1v) is 12.1. The topological polar surface area (TPSA) is 103 Å². The summed E-state index contributed by atoms with van der Waals surface area (Å²) in [6, 6.07) is 4.36. The first-order chi connectivity index (χ1) is 14.1. The van der Waals surface area contributed by atoms with Crippen molar-refractivity contribution >= 4 is 26.6 Å². The highest BCUT2D eigenvalue weighted by molar-refractivity contribution is 7.92. The second-order valence-electron chi connectivity index (χ2n) is 7.83. The van der Waals surface area contributed by atoms with Crippen LogP contribution in [0.5, 0.6) is 0 Å². The lowest BCUT2D eigenvalue weighted by Crippen LogP contribution is -2.37. The van der Waals surface area contributed by atoms with Crippen LogP contribution in [0.25, 0.3) is 11.0 Å². The van der Waals surface area contributed by atoms with E-state index in [9.17, 15) is 4.21 Å². The minimum absolute atomic E-state index is 0.436. The lowest BCUT2D eigenvalue weighted by Gasteiger charge is -2.35. The maximum absolute atomic E-state index is 13.4. The second kappa shape index (κ2) is 8.52. The van der Waals surface area contributed by atoms with Crippen LogP contribution < -0.4 is 4.90 Å². The van der Waals surface area contributed by atoms with E-state index in [1.807, 2.05) is 25.3 Å². The molecular weight excluding hydrogens is 386 g/mol. The van der Waals surface area contributed by atoms with Gasteiger partial charge in [-0.15, -0.1) is 0 Å². The zero-order valence-electron chi connectivity index (χ0n) is 17.0. The maximum atomic E-state index is 13.4. The lowest BCUT2D eigenvalue weighted by atomic mass is 9.86. The van der Waals surface area contributed by atoms with Crippen molar-refractivity contribution in [1.82, 2.24) is 25.1 Å². The van der Waals surface area contributed by atoms with Gasteiger partial charge in [0, 0.05) is 43.5 Å². The number of aromatic amines is 2. The largest absolute Gasteiger partial charge is 0.356 e. The summed E-state index contributed by atoms with van der Waals surface area (Å²) in [6.07, 6.45) is 9.50. The van der Waals surface area contributed by atoms with Crippen LogP contribution in [0, 0.1) is 5.92 Å². The fourth-order valence-electron chi connectivity index (χ4n) is 4.38. The van der Waals surface area contributed by atoms with Gasteiger partial charge in [-0.1, -0.05) is 0 Å². The van der Waals surface area contributed by atoms with Crippen LogP contribution in [0.15, 0.2) is 35.2 Å². The highest BCUT2D eigenvalue weighted by Crippen LogP contribution is 2.32. The molecule has 29 heavy (non-hydrogen) atoms. The van der Waals surface area contributed by atoms with E-state index in [0.29, 0.717) is 30.0 Å². The predicted octanol–water partition coefficient (Wildman–Crippen LogP) is 3.36. The number of hydrogen-bond acceptors (Lipinski definition) is 6. The van der Waals surface area contributed by atoms with Crippen LogP contribution in [-0.2, 0) is 15.5 Å². The molecule has 1 atom stereocenters. The Kier molecular flexibility index (Phi) is 5.84. The molecule has 1 unspecified atom stereocenters. The Hall–Kier alpha value is -2.42. The monoisotopic (exact) mass is 415 g/mol. The van der Waals surface area contributed by atoms with E-state index in [4.69, 9.17) is 0 Å². The molecule has 0 amide bonds. The van der Waals surface area contributed by atoms with E-state index in [1.165, 1.54) is 0 Å². The summed E-state index contributed by atoms with van der Waals surface area (Å²) in [5, 5.41) is 7.97. The van der Waals surface area contributed by atoms with Crippen molar-refractivity contribution < 1.29 is 4.21 Å². The predicted molar refractivity (Wildman–Crippen MR) is 116 cm³/mol. The van der Waals surface area contributed by atoms with E-state index in [2.05, 4.69) is 41.5 Å². The van der Waals surface area contributed by atoms with Crippen LogP contribution in [0.1, 0.15) is 38.3 Å². The van der Waals surface area contributed by atoms with Crippen molar-refractivity contribution in [2.24, 2.45) is 10.3 Å².